The van der Waals surface area contributed by atoms with Crippen LogP contribution in [-0.4, -0.2) is 9.55 Å². The van der Waals surface area contributed by atoms with E-state index in [0.717, 1.165) is 34.5 Å². The van der Waals surface area contributed by atoms with Crippen LogP contribution >= 0.6 is 24.0 Å². The van der Waals surface area contributed by atoms with E-state index in [1.165, 1.54) is 12.1 Å². The Morgan fingerprint density at radius 3 is 2.00 bits per heavy atom. The Labute approximate surface area is 154 Å². The second-order valence-electron chi connectivity index (χ2n) is 5.42. The molecule has 0 aliphatic carbocycles. The number of hydrogen-bond acceptors (Lipinski definition) is 1. The first-order valence-corrected chi connectivity index (χ1v) is 7.82. The number of halogens is 5. The maximum absolute atomic E-state index is 12.6. The molecule has 132 valence electrons. The Hall–Kier alpha value is -1.98. The first kappa shape index (κ1) is 19.3. The summed E-state index contributed by atoms with van der Waals surface area (Å²) in [4.78, 5) is 4.07. The lowest BCUT2D eigenvalue weighted by Crippen LogP contribution is -2.04. The molecule has 1 heterocycles. The van der Waals surface area contributed by atoms with Crippen LogP contribution in [0, 0.1) is 0 Å². The van der Waals surface area contributed by atoms with Gasteiger partial charge in [0.05, 0.1) is 23.5 Å². The number of rotatable bonds is 4. The van der Waals surface area contributed by atoms with Crippen molar-refractivity contribution < 1.29 is 13.2 Å². The van der Waals surface area contributed by atoms with Gasteiger partial charge in [0.1, 0.15) is 0 Å². The summed E-state index contributed by atoms with van der Waals surface area (Å²) in [7, 11) is 0. The Morgan fingerprint density at radius 2 is 1.48 bits per heavy atom. The van der Waals surface area contributed by atoms with Gasteiger partial charge in [-0.05, 0) is 28.8 Å². The lowest BCUT2D eigenvalue weighted by molar-refractivity contribution is -0.137. The van der Waals surface area contributed by atoms with Crippen molar-refractivity contribution >= 4 is 24.0 Å². The molecule has 0 amide bonds. The zero-order chi connectivity index (χ0) is 17.2. The molecule has 0 spiro atoms. The smallest absolute Gasteiger partial charge is 0.329 e. The van der Waals surface area contributed by atoms with Gasteiger partial charge in [0.25, 0.3) is 0 Å². The molecular formula is C18H15Cl2F3N2. The third-order valence-electron chi connectivity index (χ3n) is 3.79. The molecule has 0 aliphatic rings. The van der Waals surface area contributed by atoms with Crippen molar-refractivity contribution in [2.45, 2.75) is 18.6 Å². The van der Waals surface area contributed by atoms with Crippen LogP contribution in [0.4, 0.5) is 13.2 Å². The summed E-state index contributed by atoms with van der Waals surface area (Å²) in [5.74, 6) is 0.392. The highest BCUT2D eigenvalue weighted by atomic mass is 35.5. The number of alkyl halides is 4. The molecule has 0 fully saturated rings. The normalized spacial score (nSPS) is 11.2. The molecule has 2 aromatic carbocycles. The van der Waals surface area contributed by atoms with Gasteiger partial charge >= 0.3 is 6.18 Å². The summed E-state index contributed by atoms with van der Waals surface area (Å²) < 4.78 is 39.8. The predicted molar refractivity (Wildman–Crippen MR) is 95.0 cm³/mol. The third kappa shape index (κ3) is 4.55. The van der Waals surface area contributed by atoms with Crippen LogP contribution in [-0.2, 0) is 18.6 Å². The number of hydrogen-bond donors (Lipinski definition) is 0. The van der Waals surface area contributed by atoms with Crippen molar-refractivity contribution in [3.63, 3.8) is 0 Å². The van der Waals surface area contributed by atoms with Crippen LogP contribution in [0.3, 0.4) is 0 Å². The summed E-state index contributed by atoms with van der Waals surface area (Å²) in [6.45, 7) is 0.648. The molecule has 0 radical (unpaired) electrons. The average Bonchev–Trinajstić information content (AvgIpc) is 3.02. The molecule has 3 aromatic rings. The molecule has 0 bridgehead atoms. The van der Waals surface area contributed by atoms with Gasteiger partial charge < -0.3 is 4.57 Å². The molecule has 2 nitrogen and oxygen atoms in total. The van der Waals surface area contributed by atoms with E-state index in [-0.39, 0.29) is 12.4 Å². The first-order chi connectivity index (χ1) is 11.5. The fourth-order valence-electron chi connectivity index (χ4n) is 2.45. The highest BCUT2D eigenvalue weighted by Gasteiger charge is 2.29. The summed E-state index contributed by atoms with van der Waals surface area (Å²) in [5, 5.41) is 0. The van der Waals surface area contributed by atoms with E-state index in [4.69, 9.17) is 11.6 Å². The Balaban J connectivity index is 0.00000225. The molecule has 0 N–H and O–H groups in total. The van der Waals surface area contributed by atoms with Crippen molar-refractivity contribution in [1.29, 1.82) is 0 Å². The van der Waals surface area contributed by atoms with Crippen molar-refractivity contribution in [3.05, 3.63) is 77.9 Å². The summed E-state index contributed by atoms with van der Waals surface area (Å²) in [6.07, 6.45) is -0.863. The standard InChI is InChI=1S/C18H14ClF3N2.ClH/c19-9-17-10-23-12-24(17)11-13-1-3-14(4-2-13)15-5-7-16(8-6-15)18(20,21)22;/h1-8,10,12H,9,11H2;1H. The minimum Gasteiger partial charge on any atom is -0.329 e. The highest BCUT2D eigenvalue weighted by molar-refractivity contribution is 6.16. The van der Waals surface area contributed by atoms with Crippen LogP contribution in [0.5, 0.6) is 0 Å². The van der Waals surface area contributed by atoms with E-state index in [1.54, 1.807) is 12.5 Å². The Morgan fingerprint density at radius 1 is 0.920 bits per heavy atom. The van der Waals surface area contributed by atoms with Crippen molar-refractivity contribution in [3.8, 4) is 11.1 Å². The first-order valence-electron chi connectivity index (χ1n) is 7.29. The van der Waals surface area contributed by atoms with E-state index in [9.17, 15) is 13.2 Å². The summed E-state index contributed by atoms with van der Waals surface area (Å²) in [6, 6.07) is 12.9. The second-order valence-corrected chi connectivity index (χ2v) is 5.69. The quantitative estimate of drug-likeness (QED) is 0.519. The van der Waals surface area contributed by atoms with Gasteiger partial charge in [-0.3, -0.25) is 0 Å². The van der Waals surface area contributed by atoms with Gasteiger partial charge in [-0.15, -0.1) is 24.0 Å². The van der Waals surface area contributed by atoms with Gasteiger partial charge in [0.15, 0.2) is 0 Å². The maximum atomic E-state index is 12.6. The molecule has 1 aromatic heterocycles. The molecular weight excluding hydrogens is 372 g/mol. The van der Waals surface area contributed by atoms with Gasteiger partial charge in [-0.2, -0.15) is 13.2 Å². The van der Waals surface area contributed by atoms with E-state index < -0.39 is 11.7 Å². The largest absolute Gasteiger partial charge is 0.416 e. The van der Waals surface area contributed by atoms with E-state index in [0.29, 0.717) is 12.4 Å². The van der Waals surface area contributed by atoms with E-state index in [1.807, 2.05) is 28.8 Å². The Bertz CT molecular complexity index is 810. The fraction of sp³-hybridized carbons (Fsp3) is 0.167. The average molecular weight is 387 g/mol. The van der Waals surface area contributed by atoms with Crippen LogP contribution < -0.4 is 0 Å². The zero-order valence-corrected chi connectivity index (χ0v) is 14.6. The molecule has 0 saturated carbocycles. The zero-order valence-electron chi connectivity index (χ0n) is 13.0. The lowest BCUT2D eigenvalue weighted by Gasteiger charge is -2.09. The fourth-order valence-corrected chi connectivity index (χ4v) is 2.68. The van der Waals surface area contributed by atoms with Crippen molar-refractivity contribution in [2.75, 3.05) is 0 Å². The number of benzene rings is 2. The SMILES string of the molecule is Cl.FC(F)(F)c1ccc(-c2ccc(Cn3cncc3CCl)cc2)cc1. The third-order valence-corrected chi connectivity index (χ3v) is 4.06. The number of imidazole rings is 1. The van der Waals surface area contributed by atoms with Gasteiger partial charge in [0.2, 0.25) is 0 Å². The van der Waals surface area contributed by atoms with Crippen LogP contribution in [0.1, 0.15) is 16.8 Å². The molecule has 0 saturated heterocycles. The maximum Gasteiger partial charge on any atom is 0.416 e. The van der Waals surface area contributed by atoms with Crippen LogP contribution in [0.25, 0.3) is 11.1 Å². The molecule has 0 aliphatic heterocycles. The summed E-state index contributed by atoms with van der Waals surface area (Å²) in [5.41, 5.74) is 2.98. The van der Waals surface area contributed by atoms with Gasteiger partial charge in [-0.25, -0.2) is 4.98 Å². The van der Waals surface area contributed by atoms with Crippen molar-refractivity contribution in [2.24, 2.45) is 0 Å². The monoisotopic (exact) mass is 386 g/mol. The molecule has 25 heavy (non-hydrogen) atoms. The highest BCUT2D eigenvalue weighted by Crippen LogP contribution is 2.31. The molecule has 0 unspecified atom stereocenters. The lowest BCUT2D eigenvalue weighted by atomic mass is 10.0. The van der Waals surface area contributed by atoms with Crippen LogP contribution in [0.15, 0.2) is 61.1 Å². The minimum absolute atomic E-state index is 0. The molecule has 7 heteroatoms. The topological polar surface area (TPSA) is 17.8 Å². The van der Waals surface area contributed by atoms with E-state index in [2.05, 4.69) is 4.98 Å². The Kier molecular flexibility index (Phi) is 6.14. The molecule has 0 atom stereocenters. The molecule has 3 rings (SSSR count). The predicted octanol–water partition coefficient (Wildman–Crippen LogP) is 5.78. The van der Waals surface area contributed by atoms with E-state index >= 15 is 0 Å². The summed E-state index contributed by atoms with van der Waals surface area (Å²) >= 11 is 5.85. The number of aromatic nitrogens is 2. The second kappa shape index (κ2) is 7.93. The minimum atomic E-state index is -4.31. The number of nitrogens with zero attached hydrogens (tertiary/aromatic N) is 2. The van der Waals surface area contributed by atoms with Gasteiger partial charge in [-0.1, -0.05) is 36.4 Å². The van der Waals surface area contributed by atoms with Crippen molar-refractivity contribution in [1.82, 2.24) is 9.55 Å². The van der Waals surface area contributed by atoms with Crippen LogP contribution in [0.2, 0.25) is 0 Å². The van der Waals surface area contributed by atoms with Gasteiger partial charge in [0, 0.05) is 12.7 Å².